The number of aryl methyl sites for hydroxylation is 3. The quantitative estimate of drug-likeness (QED) is 0.784. The van der Waals surface area contributed by atoms with E-state index in [0.29, 0.717) is 13.0 Å². The lowest BCUT2D eigenvalue weighted by Gasteiger charge is -2.08. The fraction of sp³-hybridized carbons (Fsp3) is 0.474. The van der Waals surface area contributed by atoms with Crippen molar-refractivity contribution in [2.24, 2.45) is 0 Å². The molecule has 3 rings (SSSR count). The van der Waals surface area contributed by atoms with Crippen LogP contribution in [0.3, 0.4) is 0 Å². The summed E-state index contributed by atoms with van der Waals surface area (Å²) in [6.07, 6.45) is 7.15. The minimum atomic E-state index is 0.0398. The molecule has 5 heteroatoms. The monoisotopic (exact) mass is 344 g/mol. The molecule has 0 spiro atoms. The molecule has 24 heavy (non-hydrogen) atoms. The van der Waals surface area contributed by atoms with Gasteiger partial charge in [-0.1, -0.05) is 18.2 Å². The second kappa shape index (κ2) is 8.29. The van der Waals surface area contributed by atoms with Crippen molar-refractivity contribution in [3.8, 4) is 5.75 Å². The van der Waals surface area contributed by atoms with Gasteiger partial charge >= 0.3 is 0 Å². The zero-order valence-electron chi connectivity index (χ0n) is 14.1. The molecule has 4 nitrogen and oxygen atoms in total. The number of methoxy groups -OCH3 is 1. The fourth-order valence-corrected chi connectivity index (χ4v) is 4.26. The van der Waals surface area contributed by atoms with Crippen molar-refractivity contribution in [3.05, 3.63) is 45.4 Å². The normalized spacial score (nSPS) is 13.4. The second-order valence-corrected chi connectivity index (χ2v) is 7.29. The molecule has 1 aliphatic carbocycles. The molecule has 0 fully saturated rings. The predicted molar refractivity (Wildman–Crippen MR) is 96.8 cm³/mol. The van der Waals surface area contributed by atoms with Crippen molar-refractivity contribution in [1.29, 1.82) is 0 Å². The second-order valence-electron chi connectivity index (χ2n) is 6.13. The molecule has 0 saturated carbocycles. The molecule has 2 aromatic rings. The van der Waals surface area contributed by atoms with Crippen molar-refractivity contribution >= 4 is 17.2 Å². The summed E-state index contributed by atoms with van der Waals surface area (Å²) < 4.78 is 5.28. The Hall–Kier alpha value is -1.88. The van der Waals surface area contributed by atoms with E-state index in [2.05, 4.69) is 5.32 Å². The highest BCUT2D eigenvalue weighted by Gasteiger charge is 2.14. The number of nitrogens with zero attached hydrogens (tertiary/aromatic N) is 1. The molecule has 1 N–H and O–H groups in total. The zero-order valence-corrected chi connectivity index (χ0v) is 15.0. The van der Waals surface area contributed by atoms with Gasteiger partial charge in [0.15, 0.2) is 0 Å². The molecule has 1 aliphatic rings. The molecule has 0 radical (unpaired) electrons. The van der Waals surface area contributed by atoms with Crippen LogP contribution in [0.15, 0.2) is 24.3 Å². The van der Waals surface area contributed by atoms with Crippen molar-refractivity contribution in [1.82, 2.24) is 10.3 Å². The maximum absolute atomic E-state index is 12.1. The molecule has 1 aromatic heterocycles. The summed E-state index contributed by atoms with van der Waals surface area (Å²) in [6, 6.07) is 7.65. The molecular formula is C19H24N2O2S. The lowest BCUT2D eigenvalue weighted by molar-refractivity contribution is -0.120. The molecule has 0 unspecified atom stereocenters. The Morgan fingerprint density at radius 2 is 2.12 bits per heavy atom. The van der Waals surface area contributed by atoms with E-state index in [9.17, 15) is 4.79 Å². The predicted octanol–water partition coefficient (Wildman–Crippen LogP) is 3.32. The van der Waals surface area contributed by atoms with E-state index in [4.69, 9.17) is 9.72 Å². The maximum atomic E-state index is 12.1. The maximum Gasteiger partial charge on any atom is 0.224 e. The van der Waals surface area contributed by atoms with Gasteiger partial charge in [0.2, 0.25) is 5.91 Å². The highest BCUT2D eigenvalue weighted by Crippen LogP contribution is 2.27. The lowest BCUT2D eigenvalue weighted by Crippen LogP contribution is -2.26. The summed E-state index contributed by atoms with van der Waals surface area (Å²) in [6.45, 7) is 0.693. The number of carbonyl (C=O) groups is 1. The van der Waals surface area contributed by atoms with Crippen LogP contribution in [0.4, 0.5) is 0 Å². The molecule has 1 amide bonds. The van der Waals surface area contributed by atoms with Gasteiger partial charge in [-0.15, -0.1) is 11.3 Å². The molecule has 128 valence electrons. The number of ether oxygens (including phenoxy) is 1. The van der Waals surface area contributed by atoms with Crippen LogP contribution >= 0.6 is 11.3 Å². The SMILES string of the molecule is COc1ccccc1CC(=O)NCCCc1nc2c(s1)CCCC2. The van der Waals surface area contributed by atoms with Crippen LogP contribution in [0.2, 0.25) is 0 Å². The first-order valence-electron chi connectivity index (χ1n) is 8.62. The third kappa shape index (κ3) is 4.35. The van der Waals surface area contributed by atoms with Crippen molar-refractivity contribution in [2.45, 2.75) is 44.9 Å². The van der Waals surface area contributed by atoms with Gasteiger partial charge in [0.1, 0.15) is 5.75 Å². The van der Waals surface area contributed by atoms with E-state index in [-0.39, 0.29) is 5.91 Å². The third-order valence-electron chi connectivity index (χ3n) is 4.32. The van der Waals surface area contributed by atoms with Gasteiger partial charge in [-0.3, -0.25) is 4.79 Å². The van der Waals surface area contributed by atoms with Crippen LogP contribution in [-0.4, -0.2) is 24.5 Å². The molecule has 0 bridgehead atoms. The van der Waals surface area contributed by atoms with Gasteiger partial charge in [-0.05, 0) is 38.2 Å². The van der Waals surface area contributed by atoms with E-state index < -0.39 is 0 Å². The summed E-state index contributed by atoms with van der Waals surface area (Å²) in [7, 11) is 1.63. The number of hydrogen-bond donors (Lipinski definition) is 1. The molecular weight excluding hydrogens is 320 g/mol. The van der Waals surface area contributed by atoms with Crippen molar-refractivity contribution in [3.63, 3.8) is 0 Å². The van der Waals surface area contributed by atoms with Crippen LogP contribution < -0.4 is 10.1 Å². The topological polar surface area (TPSA) is 51.2 Å². The number of amides is 1. The van der Waals surface area contributed by atoms with Gasteiger partial charge in [0, 0.05) is 23.4 Å². The van der Waals surface area contributed by atoms with E-state index in [1.807, 2.05) is 35.6 Å². The van der Waals surface area contributed by atoms with Crippen LogP contribution in [-0.2, 0) is 30.5 Å². The van der Waals surface area contributed by atoms with Gasteiger partial charge in [0.05, 0.1) is 24.2 Å². The van der Waals surface area contributed by atoms with Gasteiger partial charge in [0.25, 0.3) is 0 Å². The smallest absolute Gasteiger partial charge is 0.224 e. The van der Waals surface area contributed by atoms with Gasteiger partial charge in [-0.25, -0.2) is 4.98 Å². The number of fused-ring (bicyclic) bond motifs is 1. The summed E-state index contributed by atoms with van der Waals surface area (Å²) >= 11 is 1.86. The Morgan fingerprint density at radius 1 is 1.29 bits per heavy atom. The minimum absolute atomic E-state index is 0.0398. The first-order valence-corrected chi connectivity index (χ1v) is 9.44. The van der Waals surface area contributed by atoms with Crippen molar-refractivity contribution in [2.75, 3.05) is 13.7 Å². The Morgan fingerprint density at radius 3 is 2.96 bits per heavy atom. The summed E-state index contributed by atoms with van der Waals surface area (Å²) in [5, 5.41) is 4.22. The first-order chi connectivity index (χ1) is 11.8. The Labute approximate surface area is 147 Å². The largest absolute Gasteiger partial charge is 0.496 e. The molecule has 0 aliphatic heterocycles. The zero-order chi connectivity index (χ0) is 16.8. The fourth-order valence-electron chi connectivity index (χ4n) is 3.06. The first kappa shape index (κ1) is 17.0. The van der Waals surface area contributed by atoms with Crippen LogP contribution in [0.5, 0.6) is 5.75 Å². The number of para-hydroxylation sites is 1. The van der Waals surface area contributed by atoms with Crippen LogP contribution in [0, 0.1) is 0 Å². The number of rotatable bonds is 7. The average molecular weight is 344 g/mol. The summed E-state index contributed by atoms with van der Waals surface area (Å²) in [5.74, 6) is 0.805. The number of hydrogen-bond acceptors (Lipinski definition) is 4. The third-order valence-corrected chi connectivity index (χ3v) is 5.54. The van der Waals surface area contributed by atoms with Crippen molar-refractivity contribution < 1.29 is 9.53 Å². The Bertz CT molecular complexity index is 673. The van der Waals surface area contributed by atoms with E-state index in [1.165, 1.54) is 34.8 Å². The highest BCUT2D eigenvalue weighted by molar-refractivity contribution is 7.11. The standard InChI is InChI=1S/C19H24N2O2S/c1-23-16-9-4-2-7-14(16)13-18(22)20-12-6-11-19-21-15-8-3-5-10-17(15)24-19/h2,4,7,9H,3,5-6,8,10-13H2,1H3,(H,20,22). The number of nitrogens with one attached hydrogen (secondary N) is 1. The van der Waals surface area contributed by atoms with Gasteiger partial charge < -0.3 is 10.1 Å². The summed E-state index contributed by atoms with van der Waals surface area (Å²) in [5.41, 5.74) is 2.24. The van der Waals surface area contributed by atoms with Crippen LogP contribution in [0.25, 0.3) is 0 Å². The molecule has 1 heterocycles. The Kier molecular flexibility index (Phi) is 5.86. The molecule has 0 atom stereocenters. The minimum Gasteiger partial charge on any atom is -0.496 e. The Balaban J connectivity index is 1.41. The van der Waals surface area contributed by atoms with E-state index in [0.717, 1.165) is 30.6 Å². The molecule has 0 saturated heterocycles. The number of aromatic nitrogens is 1. The van der Waals surface area contributed by atoms with E-state index in [1.54, 1.807) is 7.11 Å². The number of carbonyl (C=O) groups excluding carboxylic acids is 1. The van der Waals surface area contributed by atoms with Gasteiger partial charge in [-0.2, -0.15) is 0 Å². The van der Waals surface area contributed by atoms with E-state index >= 15 is 0 Å². The lowest BCUT2D eigenvalue weighted by atomic mass is 10.0. The average Bonchev–Trinajstić information content (AvgIpc) is 3.02. The summed E-state index contributed by atoms with van der Waals surface area (Å²) in [4.78, 5) is 18.3. The molecule has 1 aromatic carbocycles. The highest BCUT2D eigenvalue weighted by atomic mass is 32.1. The van der Waals surface area contributed by atoms with Crippen LogP contribution in [0.1, 0.15) is 40.4 Å². The number of benzene rings is 1. The number of thiazole rings is 1.